The van der Waals surface area contributed by atoms with Crippen LogP contribution in [0.4, 0.5) is 10.1 Å². The van der Waals surface area contributed by atoms with Crippen LogP contribution < -0.4 is 10.1 Å². The Morgan fingerprint density at radius 2 is 1.93 bits per heavy atom. The summed E-state index contributed by atoms with van der Waals surface area (Å²) in [5.74, 6) is -0.196. The molecule has 1 fully saturated rings. The average Bonchev–Trinajstić information content (AvgIpc) is 3.22. The lowest BCUT2D eigenvalue weighted by Crippen LogP contribution is -2.28. The van der Waals surface area contributed by atoms with Crippen LogP contribution in [0.15, 0.2) is 47.4 Å². The van der Waals surface area contributed by atoms with Crippen LogP contribution in [0, 0.1) is 5.82 Å². The minimum Gasteiger partial charge on any atom is -0.496 e. The zero-order chi connectivity index (χ0) is 20.1. The highest BCUT2D eigenvalue weighted by Crippen LogP contribution is 2.27. The number of hydrogen-bond acceptors (Lipinski definition) is 4. The molecule has 0 aromatic heterocycles. The Morgan fingerprint density at radius 1 is 1.18 bits per heavy atom. The quantitative estimate of drug-likeness (QED) is 0.766. The molecule has 1 amide bonds. The van der Waals surface area contributed by atoms with Crippen LogP contribution in [0.2, 0.25) is 0 Å². The van der Waals surface area contributed by atoms with Crippen LogP contribution in [0.3, 0.4) is 0 Å². The van der Waals surface area contributed by atoms with Crippen molar-refractivity contribution in [2.75, 3.05) is 25.5 Å². The van der Waals surface area contributed by atoms with Crippen molar-refractivity contribution < 1.29 is 22.3 Å². The number of halogens is 1. The van der Waals surface area contributed by atoms with Gasteiger partial charge in [-0.3, -0.25) is 4.79 Å². The van der Waals surface area contributed by atoms with Crippen LogP contribution in [0.25, 0.3) is 0 Å². The van der Waals surface area contributed by atoms with E-state index < -0.39 is 15.8 Å². The van der Waals surface area contributed by atoms with Crippen LogP contribution in [-0.4, -0.2) is 38.8 Å². The van der Waals surface area contributed by atoms with E-state index in [4.69, 9.17) is 4.74 Å². The molecule has 8 heteroatoms. The van der Waals surface area contributed by atoms with E-state index in [9.17, 15) is 17.6 Å². The molecule has 3 rings (SSSR count). The lowest BCUT2D eigenvalue weighted by atomic mass is 10.1. The Labute approximate surface area is 164 Å². The van der Waals surface area contributed by atoms with Crippen LogP contribution in [0.1, 0.15) is 24.8 Å². The summed E-state index contributed by atoms with van der Waals surface area (Å²) in [6.07, 6.45) is 2.14. The van der Waals surface area contributed by atoms with Gasteiger partial charge < -0.3 is 10.1 Å². The lowest BCUT2D eigenvalue weighted by Gasteiger charge is -2.17. The summed E-state index contributed by atoms with van der Waals surface area (Å²) in [7, 11) is -2.04. The Hall–Kier alpha value is -2.45. The molecule has 0 unspecified atom stereocenters. The fourth-order valence-corrected chi connectivity index (χ4v) is 4.79. The van der Waals surface area contributed by atoms with Gasteiger partial charge in [0, 0.05) is 25.2 Å². The van der Waals surface area contributed by atoms with Crippen molar-refractivity contribution in [2.45, 2.75) is 30.6 Å². The maximum Gasteiger partial charge on any atom is 0.243 e. The SMILES string of the molecule is COc1ccc(S(=O)(=O)N2CCCC2)cc1CCC(=O)Nc1cccc(F)c1. The molecule has 0 atom stereocenters. The highest BCUT2D eigenvalue weighted by atomic mass is 32.2. The highest BCUT2D eigenvalue weighted by Gasteiger charge is 2.27. The molecule has 1 aliphatic rings. The average molecular weight is 406 g/mol. The number of carbonyl (C=O) groups is 1. The van der Waals surface area contributed by atoms with Gasteiger partial charge in [-0.25, -0.2) is 12.8 Å². The first-order chi connectivity index (χ1) is 13.4. The number of rotatable bonds is 7. The standard InChI is InChI=1S/C20H23FN2O4S/c1-27-19-9-8-18(28(25,26)23-11-2-3-12-23)13-15(19)7-10-20(24)22-17-6-4-5-16(21)14-17/h4-6,8-9,13-14H,2-3,7,10-12H2,1H3,(H,22,24). The minimum atomic E-state index is -3.54. The Balaban J connectivity index is 1.72. The number of benzene rings is 2. The second kappa shape index (κ2) is 8.70. The van der Waals surface area contributed by atoms with Gasteiger partial charge in [0.1, 0.15) is 11.6 Å². The number of hydrogen-bond donors (Lipinski definition) is 1. The topological polar surface area (TPSA) is 75.7 Å². The van der Waals surface area contributed by atoms with E-state index in [0.29, 0.717) is 36.5 Å². The zero-order valence-electron chi connectivity index (χ0n) is 15.7. The molecule has 0 aliphatic carbocycles. The normalized spacial score (nSPS) is 14.8. The molecule has 0 saturated carbocycles. The molecule has 6 nitrogen and oxygen atoms in total. The number of nitrogens with zero attached hydrogens (tertiary/aromatic N) is 1. The van der Waals surface area contributed by atoms with Gasteiger partial charge in [-0.1, -0.05) is 6.07 Å². The van der Waals surface area contributed by atoms with Crippen molar-refractivity contribution in [3.63, 3.8) is 0 Å². The number of amides is 1. The fourth-order valence-electron chi connectivity index (χ4n) is 3.23. The molecule has 2 aromatic carbocycles. The second-order valence-electron chi connectivity index (χ2n) is 6.64. The number of nitrogens with one attached hydrogen (secondary N) is 1. The fraction of sp³-hybridized carbons (Fsp3) is 0.350. The van der Waals surface area contributed by atoms with Gasteiger partial charge in [-0.05, 0) is 61.2 Å². The first-order valence-electron chi connectivity index (χ1n) is 9.12. The lowest BCUT2D eigenvalue weighted by molar-refractivity contribution is -0.116. The smallest absolute Gasteiger partial charge is 0.243 e. The molecule has 1 N–H and O–H groups in total. The number of carbonyl (C=O) groups excluding carboxylic acids is 1. The van der Waals surface area contributed by atoms with Gasteiger partial charge in [0.05, 0.1) is 12.0 Å². The van der Waals surface area contributed by atoms with Gasteiger partial charge in [-0.2, -0.15) is 4.31 Å². The van der Waals surface area contributed by atoms with E-state index in [1.807, 2.05) is 0 Å². The third-order valence-electron chi connectivity index (χ3n) is 4.68. The van der Waals surface area contributed by atoms with Crippen molar-refractivity contribution >= 4 is 21.6 Å². The van der Waals surface area contributed by atoms with E-state index in [1.165, 1.54) is 35.7 Å². The van der Waals surface area contributed by atoms with E-state index in [0.717, 1.165) is 12.8 Å². The third-order valence-corrected chi connectivity index (χ3v) is 6.58. The Kier molecular flexibility index (Phi) is 6.31. The molecule has 150 valence electrons. The Morgan fingerprint density at radius 3 is 2.61 bits per heavy atom. The predicted molar refractivity (Wildman–Crippen MR) is 104 cm³/mol. The maximum absolute atomic E-state index is 13.2. The molecule has 0 bridgehead atoms. The highest BCUT2D eigenvalue weighted by molar-refractivity contribution is 7.89. The van der Waals surface area contributed by atoms with Gasteiger partial charge in [0.2, 0.25) is 15.9 Å². The molecule has 1 heterocycles. The molecule has 1 saturated heterocycles. The summed E-state index contributed by atoms with van der Waals surface area (Å²) >= 11 is 0. The van der Waals surface area contributed by atoms with Crippen molar-refractivity contribution in [3.05, 3.63) is 53.8 Å². The number of methoxy groups -OCH3 is 1. The molecule has 2 aromatic rings. The molecule has 1 aliphatic heterocycles. The van der Waals surface area contributed by atoms with Gasteiger partial charge >= 0.3 is 0 Å². The minimum absolute atomic E-state index is 0.111. The monoisotopic (exact) mass is 406 g/mol. The summed E-state index contributed by atoms with van der Waals surface area (Å²) in [4.78, 5) is 12.4. The molecular weight excluding hydrogens is 383 g/mol. The maximum atomic E-state index is 13.2. The van der Waals surface area contributed by atoms with Crippen LogP contribution in [-0.2, 0) is 21.2 Å². The van der Waals surface area contributed by atoms with Crippen molar-refractivity contribution in [3.8, 4) is 5.75 Å². The molecule has 28 heavy (non-hydrogen) atoms. The summed E-state index contributed by atoms with van der Waals surface area (Å²) in [6, 6.07) is 10.4. The first kappa shape index (κ1) is 20.3. The van der Waals surface area contributed by atoms with Gasteiger partial charge in [0.25, 0.3) is 0 Å². The molecule has 0 radical (unpaired) electrons. The summed E-state index contributed by atoms with van der Waals surface area (Å²) in [5, 5.41) is 2.63. The number of ether oxygens (including phenoxy) is 1. The number of sulfonamides is 1. The molecule has 0 spiro atoms. The van der Waals surface area contributed by atoms with Crippen LogP contribution in [0.5, 0.6) is 5.75 Å². The summed E-state index contributed by atoms with van der Waals surface area (Å²) in [6.45, 7) is 1.06. The summed E-state index contributed by atoms with van der Waals surface area (Å²) < 4.78 is 45.6. The van der Waals surface area contributed by atoms with Gasteiger partial charge in [-0.15, -0.1) is 0 Å². The van der Waals surface area contributed by atoms with E-state index in [-0.39, 0.29) is 17.2 Å². The second-order valence-corrected chi connectivity index (χ2v) is 8.58. The number of aryl methyl sites for hydroxylation is 1. The largest absolute Gasteiger partial charge is 0.496 e. The van der Waals surface area contributed by atoms with E-state index in [2.05, 4.69) is 5.32 Å². The predicted octanol–water partition coefficient (Wildman–Crippen LogP) is 3.19. The van der Waals surface area contributed by atoms with Crippen molar-refractivity contribution in [1.82, 2.24) is 4.31 Å². The number of anilines is 1. The van der Waals surface area contributed by atoms with Crippen LogP contribution >= 0.6 is 0 Å². The third kappa shape index (κ3) is 4.69. The van der Waals surface area contributed by atoms with E-state index >= 15 is 0 Å². The van der Waals surface area contributed by atoms with Gasteiger partial charge in [0.15, 0.2) is 0 Å². The van der Waals surface area contributed by atoms with Crippen molar-refractivity contribution in [1.29, 1.82) is 0 Å². The van der Waals surface area contributed by atoms with E-state index in [1.54, 1.807) is 18.2 Å². The Bertz CT molecular complexity index is 956. The first-order valence-corrected chi connectivity index (χ1v) is 10.6. The summed E-state index contributed by atoms with van der Waals surface area (Å²) in [5.41, 5.74) is 1.01. The molecular formula is C20H23FN2O4S. The van der Waals surface area contributed by atoms with Crippen molar-refractivity contribution in [2.24, 2.45) is 0 Å². The zero-order valence-corrected chi connectivity index (χ0v) is 16.5.